The Kier molecular flexibility index (Phi) is 36.4. The van der Waals surface area contributed by atoms with Crippen LogP contribution in [0.15, 0.2) is 310 Å². The number of carbonyl (C=O) groups excluding carboxylic acids is 15. The Morgan fingerprint density at radius 1 is 0.266 bits per heavy atom. The summed E-state index contributed by atoms with van der Waals surface area (Å²) in [5, 5.41) is 34.9. The van der Waals surface area contributed by atoms with Gasteiger partial charge in [-0.05, 0) is 72.0 Å². The number of rotatable bonds is 35. The number of benzene rings is 9. The number of carbonyl (C=O) groups is 15. The molecule has 5 unspecified atom stereocenters. The quantitative estimate of drug-likeness (QED) is 0.0171. The number of hydrogen-bond donors (Lipinski definition) is 10. The molecule has 728 valence electrons. The van der Waals surface area contributed by atoms with Crippen molar-refractivity contribution < 1.29 is 76.3 Å². The van der Waals surface area contributed by atoms with Gasteiger partial charge >= 0.3 is 0 Å². The number of Topliss-reactive ketones (excluding diaryl/α,β-unsaturated/α-hetero) is 5. The zero-order valence-corrected chi connectivity index (χ0v) is 78.7. The van der Waals surface area contributed by atoms with Crippen molar-refractivity contribution in [1.29, 1.82) is 0 Å². The van der Waals surface area contributed by atoms with Crippen molar-refractivity contribution in [1.82, 2.24) is 80.5 Å². The monoisotopic (exact) mass is 1930 g/mol. The maximum absolute atomic E-state index is 13.1. The van der Waals surface area contributed by atoms with Gasteiger partial charge in [-0.25, -0.2) is 4.39 Å². The molecule has 0 fully saturated rings. The summed E-state index contributed by atoms with van der Waals surface area (Å²) in [6.07, 6.45) is 10.0. The fourth-order valence-electron chi connectivity index (χ4n) is 14.9. The van der Waals surface area contributed by atoms with Gasteiger partial charge in [0.15, 0.2) is 0 Å². The van der Waals surface area contributed by atoms with Crippen LogP contribution in [0.1, 0.15) is 90.7 Å². The molecule has 0 aliphatic rings. The van der Waals surface area contributed by atoms with Gasteiger partial charge < -0.3 is 55.3 Å². The van der Waals surface area contributed by atoms with Gasteiger partial charge in [-0.3, -0.25) is 100 Å². The van der Waals surface area contributed by atoms with Crippen LogP contribution < -0.4 is 55.3 Å². The topological polar surface area (TPSA) is 548 Å². The van der Waals surface area contributed by atoms with Crippen LogP contribution in [0.2, 0.25) is 0 Å². The molecule has 0 spiro atoms. The summed E-state index contributed by atoms with van der Waals surface area (Å²) >= 11 is 0. The average Bonchev–Trinajstić information content (AvgIpc) is 1.67. The summed E-state index contributed by atoms with van der Waals surface area (Å²) in [4.78, 5) is 188. The van der Waals surface area contributed by atoms with Gasteiger partial charge in [-0.15, -0.1) is 0 Å². The number of aryl methyl sites for hydroxylation is 7. The van der Waals surface area contributed by atoms with Gasteiger partial charge in [0.2, 0.25) is 28.9 Å². The van der Waals surface area contributed by atoms with Gasteiger partial charge in [0.25, 0.3) is 59.1 Å². The number of nitrogens with one attached hydrogen (secondary N) is 5. The van der Waals surface area contributed by atoms with Crippen LogP contribution in [-0.2, 0) is 115 Å². The third kappa shape index (κ3) is 29.6. The highest BCUT2D eigenvalue weighted by atomic mass is 19.1. The highest BCUT2D eigenvalue weighted by Gasteiger charge is 2.35. The largest absolute Gasteiger partial charge is 0.363 e. The van der Waals surface area contributed by atoms with E-state index < -0.39 is 124 Å². The van der Waals surface area contributed by atoms with E-state index in [0.29, 0.717) is 56.4 Å². The molecule has 5 atom stereocenters. The normalized spacial score (nSPS) is 11.6. The average molecular weight is 1930 g/mol. The Balaban J connectivity index is 0.000000171. The Bertz CT molecular complexity index is 6940. The summed E-state index contributed by atoms with van der Waals surface area (Å²) in [6, 6.07) is 75.2. The van der Waals surface area contributed by atoms with E-state index in [1.807, 2.05) is 232 Å². The molecule has 0 saturated carbocycles. The Labute approximate surface area is 819 Å². The van der Waals surface area contributed by atoms with E-state index in [2.05, 4.69) is 57.1 Å². The highest BCUT2D eigenvalue weighted by molar-refractivity contribution is 6.40. The zero-order valence-electron chi connectivity index (χ0n) is 78.7. The number of nitrogens with two attached hydrogens (primary N) is 5. The third-order valence-electron chi connectivity index (χ3n) is 21.8. The number of aromatic nitrogens is 11. The standard InChI is InChI=1S/2C22H22N4O3.C21H19FN4O3.C21H20N4O3.C20H19N5O3/c1-14-7-6-10-16(11-14)19-17(13-26(2)25-19)22(29)24-18(20(27)21(23)28)12-15-8-4-3-5-9-15;1-14-8-10-16(11-9-14)19-17(13-26(2)25-19)22(29)24-18(20(27)21(23)28)12-15-6-4-3-5-7-15;1-26-12-16(18(25-26)14-5-3-2-4-6-14)21(29)24-17(19(27)20(23)28)11-13-7-9-15(22)10-8-13;1-25-13-16(18(24-25)15-10-6-3-7-11-15)21(28)23-17(19(26)20(22)27)12-14-8-4-2-5-9-14;1-25-12-14(17(24-25)15-9-5-6-10-22-15)20(28)23-16(18(26)19(21)27)11-13-7-3-2-4-8-13/h2*3-11,13,18H,12H2,1-2H3,(H2,23,28)(H,24,29);2-10,12,17H,11H2,1H3,(H2,23,28)(H,24,29);2-11,13,17H,12H2,1H3,(H2,22,27)(H,23,28);2-10,12,16H,11H2,1H3,(H2,21,27)(H,23,28). The summed E-state index contributed by atoms with van der Waals surface area (Å²) in [6.45, 7) is 3.92. The maximum Gasteiger partial charge on any atom is 0.287 e. The smallest absolute Gasteiger partial charge is 0.287 e. The number of amides is 10. The predicted molar refractivity (Wildman–Crippen MR) is 528 cm³/mol. The predicted octanol–water partition coefficient (Wildman–Crippen LogP) is 7.56. The third-order valence-corrected chi connectivity index (χ3v) is 21.8. The van der Waals surface area contributed by atoms with Crippen molar-refractivity contribution in [3.05, 3.63) is 383 Å². The molecular weight excluding hydrogens is 1830 g/mol. The summed E-state index contributed by atoms with van der Waals surface area (Å²) in [7, 11) is 8.49. The van der Waals surface area contributed by atoms with Crippen molar-refractivity contribution in [2.75, 3.05) is 0 Å². The molecule has 143 heavy (non-hydrogen) atoms. The van der Waals surface area contributed by atoms with Crippen LogP contribution in [0.3, 0.4) is 0 Å². The van der Waals surface area contributed by atoms with Crippen LogP contribution in [0.4, 0.5) is 4.39 Å². The fourth-order valence-corrected chi connectivity index (χ4v) is 14.9. The zero-order chi connectivity index (χ0) is 103. The van der Waals surface area contributed by atoms with Crippen molar-refractivity contribution in [2.24, 2.45) is 63.9 Å². The van der Waals surface area contributed by atoms with Crippen molar-refractivity contribution >= 4 is 88.0 Å². The van der Waals surface area contributed by atoms with Crippen molar-refractivity contribution in [2.45, 2.75) is 76.2 Å². The lowest BCUT2D eigenvalue weighted by Gasteiger charge is -2.16. The van der Waals surface area contributed by atoms with E-state index in [1.54, 1.807) is 90.4 Å². The molecule has 0 aliphatic heterocycles. The number of pyridine rings is 1. The van der Waals surface area contributed by atoms with E-state index in [1.165, 1.54) is 60.1 Å². The van der Waals surface area contributed by atoms with Gasteiger partial charge in [0.05, 0.1) is 33.5 Å². The molecule has 0 aliphatic carbocycles. The number of nitrogens with zero attached hydrogens (tertiary/aromatic N) is 11. The van der Waals surface area contributed by atoms with Gasteiger partial charge in [0.1, 0.15) is 64.5 Å². The second-order valence-electron chi connectivity index (χ2n) is 32.9. The molecule has 6 heterocycles. The first-order chi connectivity index (χ1) is 68.4. The molecule has 0 radical (unpaired) electrons. The van der Waals surface area contributed by atoms with E-state index in [-0.39, 0.29) is 43.2 Å². The molecule has 36 nitrogen and oxygen atoms in total. The Morgan fingerprint density at radius 3 is 0.769 bits per heavy atom. The van der Waals surface area contributed by atoms with E-state index in [0.717, 1.165) is 55.6 Å². The van der Waals surface area contributed by atoms with E-state index >= 15 is 0 Å². The van der Waals surface area contributed by atoms with Crippen LogP contribution in [-0.4, -0.2) is 172 Å². The molecule has 6 aromatic heterocycles. The molecule has 15 N–H and O–H groups in total. The second-order valence-corrected chi connectivity index (χ2v) is 32.9. The summed E-state index contributed by atoms with van der Waals surface area (Å²) < 4.78 is 20.7. The second kappa shape index (κ2) is 49.8. The lowest BCUT2D eigenvalue weighted by Crippen LogP contribution is -2.47. The minimum Gasteiger partial charge on any atom is -0.363 e. The highest BCUT2D eigenvalue weighted by Crippen LogP contribution is 2.29. The minimum absolute atomic E-state index is 0.00523. The Hall–Kier alpha value is -18.8. The van der Waals surface area contributed by atoms with E-state index in [9.17, 15) is 76.3 Å². The fraction of sp³-hybridized carbons (Fsp3) is 0.160. The first-order valence-corrected chi connectivity index (χ1v) is 44.4. The first-order valence-electron chi connectivity index (χ1n) is 44.4. The molecule has 15 rings (SSSR count). The van der Waals surface area contributed by atoms with Crippen LogP contribution >= 0.6 is 0 Å². The Morgan fingerprint density at radius 2 is 0.503 bits per heavy atom. The molecule has 37 heteroatoms. The number of primary amides is 5. The molecular formula is C106H102FN21O15. The van der Waals surface area contributed by atoms with Gasteiger partial charge in [0, 0.05) is 127 Å². The van der Waals surface area contributed by atoms with Crippen LogP contribution in [0.25, 0.3) is 56.4 Å². The molecule has 15 aromatic rings. The summed E-state index contributed by atoms with van der Waals surface area (Å²) in [5.41, 5.74) is 39.1. The van der Waals surface area contributed by atoms with Crippen molar-refractivity contribution in [3.63, 3.8) is 0 Å². The summed E-state index contributed by atoms with van der Waals surface area (Å²) in [5.74, 6) is -12.9. The molecule has 9 aromatic carbocycles. The number of hydrogen-bond acceptors (Lipinski definition) is 21. The van der Waals surface area contributed by atoms with Crippen molar-refractivity contribution in [3.8, 4) is 56.4 Å². The lowest BCUT2D eigenvalue weighted by molar-refractivity contribution is -0.137. The van der Waals surface area contributed by atoms with Gasteiger partial charge in [-0.1, -0.05) is 254 Å². The first kappa shape index (κ1) is 105. The maximum atomic E-state index is 13.1. The number of halogens is 1. The molecule has 10 amide bonds. The molecule has 0 saturated heterocycles. The van der Waals surface area contributed by atoms with Gasteiger partial charge in [-0.2, -0.15) is 25.5 Å². The number of ketones is 5. The minimum atomic E-state index is -1.19. The van der Waals surface area contributed by atoms with Crippen LogP contribution in [0.5, 0.6) is 0 Å². The lowest BCUT2D eigenvalue weighted by atomic mass is 10.0. The van der Waals surface area contributed by atoms with E-state index in [4.69, 9.17) is 28.7 Å². The SMILES string of the molecule is Cc1ccc(-c2nn(C)cc2C(=O)NC(Cc2ccccc2)C(=O)C(N)=O)cc1.Cc1cccc(-c2nn(C)cc2C(=O)NC(Cc2ccccc2)C(=O)C(N)=O)c1.Cn1cc(C(=O)NC(Cc2ccc(F)cc2)C(=O)C(N)=O)c(-c2ccccc2)n1.Cn1cc(C(=O)NC(Cc2ccccc2)C(=O)C(N)=O)c(-c2ccccc2)n1.Cn1cc(C(=O)NC(Cc2ccccc2)C(=O)C(N)=O)c(-c2ccccn2)n1. The molecule has 0 bridgehead atoms. The van der Waals surface area contributed by atoms with Crippen LogP contribution in [0, 0.1) is 19.7 Å².